The SMILES string of the molecule is O=C(c1ccc(O)cc1)N1C[C@H]2C[C@@H](C1)[C@H](CC1CCCCC1)N1C(=O)CCC[C@@H]21. The van der Waals surface area contributed by atoms with Crippen molar-refractivity contribution < 1.29 is 14.7 Å². The molecule has 0 spiro atoms. The number of phenolic OH excluding ortho intramolecular Hbond substituents is 1. The van der Waals surface area contributed by atoms with Gasteiger partial charge in [-0.1, -0.05) is 32.1 Å². The highest BCUT2D eigenvalue weighted by Crippen LogP contribution is 2.44. The number of fused-ring (bicyclic) bond motifs is 4. The summed E-state index contributed by atoms with van der Waals surface area (Å²) in [6.45, 7) is 1.50. The topological polar surface area (TPSA) is 60.9 Å². The van der Waals surface area contributed by atoms with Crippen LogP contribution in [0.25, 0.3) is 0 Å². The molecule has 5 nitrogen and oxygen atoms in total. The van der Waals surface area contributed by atoms with E-state index < -0.39 is 0 Å². The highest BCUT2D eigenvalue weighted by atomic mass is 16.3. The van der Waals surface area contributed by atoms with Gasteiger partial charge in [-0.15, -0.1) is 0 Å². The van der Waals surface area contributed by atoms with Gasteiger partial charge in [0.25, 0.3) is 5.91 Å². The Kier molecular flexibility index (Phi) is 5.46. The maximum atomic E-state index is 13.2. The standard InChI is InChI=1S/C25H34N2O3/c28-21-11-9-18(10-12-21)25(30)26-15-19-14-20(16-26)23(13-17-5-2-1-3-6-17)27-22(19)7-4-8-24(27)29/h9-12,17,19-20,22-23,28H,1-8,13-16H2/t19-,20+,22+,23+/m1/s1. The number of nitrogens with zero attached hydrogens (tertiary/aromatic N) is 2. The molecule has 4 atom stereocenters. The van der Waals surface area contributed by atoms with E-state index in [1.165, 1.54) is 32.1 Å². The van der Waals surface area contributed by atoms with Crippen molar-refractivity contribution in [3.05, 3.63) is 29.8 Å². The van der Waals surface area contributed by atoms with Crippen molar-refractivity contribution in [1.82, 2.24) is 9.80 Å². The fourth-order valence-corrected chi connectivity index (χ4v) is 6.80. The van der Waals surface area contributed by atoms with Crippen molar-refractivity contribution in [1.29, 1.82) is 0 Å². The van der Waals surface area contributed by atoms with Crippen LogP contribution in [0.4, 0.5) is 0 Å². The number of carbonyl (C=O) groups excluding carboxylic acids is 2. The van der Waals surface area contributed by atoms with Crippen molar-refractivity contribution in [3.8, 4) is 5.75 Å². The summed E-state index contributed by atoms with van der Waals surface area (Å²) in [5.74, 6) is 2.14. The van der Waals surface area contributed by atoms with Gasteiger partial charge >= 0.3 is 0 Å². The van der Waals surface area contributed by atoms with E-state index >= 15 is 0 Å². The summed E-state index contributed by atoms with van der Waals surface area (Å²) in [6.07, 6.45) is 11.7. The maximum Gasteiger partial charge on any atom is 0.253 e. The van der Waals surface area contributed by atoms with Crippen LogP contribution in [-0.4, -0.2) is 51.9 Å². The van der Waals surface area contributed by atoms with Crippen LogP contribution in [-0.2, 0) is 4.79 Å². The van der Waals surface area contributed by atoms with E-state index in [1.54, 1.807) is 24.3 Å². The van der Waals surface area contributed by atoms with Crippen LogP contribution >= 0.6 is 0 Å². The second-order valence-electron chi connectivity index (χ2n) is 10.1. The molecular weight excluding hydrogens is 376 g/mol. The lowest BCUT2D eigenvalue weighted by Gasteiger charge is -2.57. The van der Waals surface area contributed by atoms with E-state index in [-0.39, 0.29) is 11.7 Å². The van der Waals surface area contributed by atoms with Crippen molar-refractivity contribution in [2.45, 2.75) is 76.3 Å². The highest BCUT2D eigenvalue weighted by molar-refractivity contribution is 5.94. The predicted molar refractivity (Wildman–Crippen MR) is 115 cm³/mol. The first kappa shape index (κ1) is 19.9. The average Bonchev–Trinajstić information content (AvgIpc) is 2.77. The van der Waals surface area contributed by atoms with E-state index in [2.05, 4.69) is 4.90 Å². The van der Waals surface area contributed by atoms with Gasteiger partial charge in [-0.25, -0.2) is 0 Å². The Bertz CT molecular complexity index is 786. The van der Waals surface area contributed by atoms with Crippen LogP contribution in [0.5, 0.6) is 5.75 Å². The Hall–Kier alpha value is -2.04. The molecule has 3 heterocycles. The minimum atomic E-state index is 0.0664. The third-order valence-corrected chi connectivity index (χ3v) is 8.20. The van der Waals surface area contributed by atoms with Crippen molar-refractivity contribution >= 4 is 11.8 Å². The number of amides is 2. The average molecular weight is 411 g/mol. The molecule has 4 fully saturated rings. The van der Waals surface area contributed by atoms with Crippen LogP contribution in [0.15, 0.2) is 24.3 Å². The Balaban J connectivity index is 1.39. The molecule has 1 aliphatic carbocycles. The van der Waals surface area contributed by atoms with Crippen LogP contribution in [0.1, 0.15) is 74.6 Å². The van der Waals surface area contributed by atoms with Gasteiger partial charge in [0.1, 0.15) is 5.75 Å². The lowest BCUT2D eigenvalue weighted by atomic mass is 9.69. The third kappa shape index (κ3) is 3.72. The van der Waals surface area contributed by atoms with E-state index in [0.29, 0.717) is 41.8 Å². The first-order chi connectivity index (χ1) is 14.6. The summed E-state index contributed by atoms with van der Waals surface area (Å²) in [5, 5.41) is 9.56. The molecule has 1 aromatic carbocycles. The molecule has 1 N–H and O–H groups in total. The number of rotatable bonds is 3. The largest absolute Gasteiger partial charge is 0.508 e. The van der Waals surface area contributed by atoms with Gasteiger partial charge in [0.05, 0.1) is 0 Å². The summed E-state index contributed by atoms with van der Waals surface area (Å²) in [5.41, 5.74) is 0.646. The van der Waals surface area contributed by atoms with Crippen LogP contribution < -0.4 is 0 Å². The molecule has 162 valence electrons. The van der Waals surface area contributed by atoms with Gasteiger partial charge in [0.2, 0.25) is 5.91 Å². The van der Waals surface area contributed by atoms with Crippen molar-refractivity contribution in [2.75, 3.05) is 13.1 Å². The Morgan fingerprint density at radius 3 is 2.47 bits per heavy atom. The summed E-state index contributed by atoms with van der Waals surface area (Å²) < 4.78 is 0. The molecule has 3 saturated heterocycles. The van der Waals surface area contributed by atoms with E-state index in [9.17, 15) is 14.7 Å². The minimum absolute atomic E-state index is 0.0664. The molecular formula is C25H34N2O3. The molecule has 0 aromatic heterocycles. The first-order valence-electron chi connectivity index (χ1n) is 12.0. The van der Waals surface area contributed by atoms with Gasteiger partial charge in [0.15, 0.2) is 0 Å². The zero-order chi connectivity index (χ0) is 20.7. The maximum absolute atomic E-state index is 13.2. The quantitative estimate of drug-likeness (QED) is 0.812. The summed E-state index contributed by atoms with van der Waals surface area (Å²) >= 11 is 0. The third-order valence-electron chi connectivity index (χ3n) is 8.20. The molecule has 3 aliphatic heterocycles. The van der Waals surface area contributed by atoms with Crippen LogP contribution in [0.3, 0.4) is 0 Å². The summed E-state index contributed by atoms with van der Waals surface area (Å²) in [6, 6.07) is 7.23. The Morgan fingerprint density at radius 1 is 0.967 bits per heavy atom. The van der Waals surface area contributed by atoms with Gasteiger partial charge < -0.3 is 14.9 Å². The predicted octanol–water partition coefficient (Wildman–Crippen LogP) is 4.20. The fraction of sp³-hybridized carbons (Fsp3) is 0.680. The molecule has 5 rings (SSSR count). The molecule has 0 unspecified atom stereocenters. The number of phenols is 1. The van der Waals surface area contributed by atoms with Crippen LogP contribution in [0, 0.1) is 17.8 Å². The van der Waals surface area contributed by atoms with E-state index in [0.717, 1.165) is 44.7 Å². The number of likely N-dealkylation sites (tertiary alicyclic amines) is 1. The first-order valence-corrected chi connectivity index (χ1v) is 12.0. The molecule has 30 heavy (non-hydrogen) atoms. The van der Waals surface area contributed by atoms with Crippen LogP contribution in [0.2, 0.25) is 0 Å². The van der Waals surface area contributed by atoms with Gasteiger partial charge in [-0.2, -0.15) is 0 Å². The van der Waals surface area contributed by atoms with E-state index in [1.807, 2.05) is 4.90 Å². The Labute approximate surface area is 179 Å². The molecule has 1 saturated carbocycles. The summed E-state index contributed by atoms with van der Waals surface area (Å²) in [4.78, 5) is 30.6. The molecule has 2 bridgehead atoms. The molecule has 4 aliphatic rings. The lowest BCUT2D eigenvalue weighted by molar-refractivity contribution is -0.153. The zero-order valence-corrected chi connectivity index (χ0v) is 17.8. The second kappa shape index (κ2) is 8.24. The normalized spacial score (nSPS) is 32.1. The molecule has 2 amide bonds. The number of hydrogen-bond acceptors (Lipinski definition) is 3. The number of aromatic hydroxyl groups is 1. The Morgan fingerprint density at radius 2 is 1.70 bits per heavy atom. The fourth-order valence-electron chi connectivity index (χ4n) is 6.80. The number of benzene rings is 1. The number of piperidine rings is 3. The van der Waals surface area contributed by atoms with Crippen molar-refractivity contribution in [3.63, 3.8) is 0 Å². The van der Waals surface area contributed by atoms with Gasteiger partial charge in [-0.05, 0) is 67.7 Å². The van der Waals surface area contributed by atoms with Crippen molar-refractivity contribution in [2.24, 2.45) is 17.8 Å². The van der Waals surface area contributed by atoms with Gasteiger partial charge in [-0.3, -0.25) is 9.59 Å². The monoisotopic (exact) mass is 410 g/mol. The minimum Gasteiger partial charge on any atom is -0.508 e. The van der Waals surface area contributed by atoms with E-state index in [4.69, 9.17) is 0 Å². The molecule has 0 radical (unpaired) electrons. The number of hydrogen-bond donors (Lipinski definition) is 1. The smallest absolute Gasteiger partial charge is 0.253 e. The number of carbonyl (C=O) groups is 2. The molecule has 1 aromatic rings. The van der Waals surface area contributed by atoms with Gasteiger partial charge in [0, 0.05) is 37.2 Å². The summed E-state index contributed by atoms with van der Waals surface area (Å²) in [7, 11) is 0. The lowest BCUT2D eigenvalue weighted by Crippen LogP contribution is -2.65. The molecule has 5 heteroatoms. The second-order valence-corrected chi connectivity index (χ2v) is 10.1. The highest BCUT2D eigenvalue weighted by Gasteiger charge is 2.50. The zero-order valence-electron chi connectivity index (χ0n) is 17.8.